The average Bonchev–Trinajstić information content (AvgIpc) is 3.32. The molecule has 8 atom stereocenters. The van der Waals surface area contributed by atoms with Crippen molar-refractivity contribution < 1.29 is 29.3 Å². The lowest BCUT2D eigenvalue weighted by molar-refractivity contribution is -0.157. The Bertz CT molecular complexity index is 1010. The first-order valence-corrected chi connectivity index (χ1v) is 14.1. The number of nitrogens with zero attached hydrogens (tertiary/aromatic N) is 1. The number of Topliss-reactive ketones (excluding diaryl/α,β-unsaturated/α-hetero) is 1. The number of esters is 1. The zero-order valence-electron chi connectivity index (χ0n) is 23.4. The van der Waals surface area contributed by atoms with Gasteiger partial charge in [-0.05, 0) is 52.7 Å². The molecule has 0 spiro atoms. The van der Waals surface area contributed by atoms with Gasteiger partial charge in [-0.3, -0.25) is 9.59 Å². The summed E-state index contributed by atoms with van der Waals surface area (Å²) in [6.45, 7) is 12.8. The van der Waals surface area contributed by atoms with Crippen molar-refractivity contribution >= 4 is 29.2 Å². The number of thiazole rings is 1. The van der Waals surface area contributed by atoms with Gasteiger partial charge in [0.1, 0.15) is 18.0 Å². The van der Waals surface area contributed by atoms with E-state index in [0.717, 1.165) is 35.5 Å². The van der Waals surface area contributed by atoms with Gasteiger partial charge in [0, 0.05) is 11.3 Å². The molecule has 208 valence electrons. The van der Waals surface area contributed by atoms with Crippen LogP contribution in [0.25, 0.3) is 6.08 Å². The summed E-state index contributed by atoms with van der Waals surface area (Å²) in [6, 6.07) is -0.332. The highest BCUT2D eigenvalue weighted by Crippen LogP contribution is 2.46. The Kier molecular flexibility index (Phi) is 9.39. The van der Waals surface area contributed by atoms with Crippen molar-refractivity contribution in [3.8, 4) is 0 Å². The molecule has 2 aliphatic rings. The Morgan fingerprint density at radius 2 is 1.95 bits per heavy atom. The molecule has 2 saturated heterocycles. The Morgan fingerprint density at radius 3 is 2.54 bits per heavy atom. The second-order valence-electron chi connectivity index (χ2n) is 11.7. The number of carbonyl (C=O) groups excluding carboxylic acids is 2. The van der Waals surface area contributed by atoms with Crippen molar-refractivity contribution in [2.75, 3.05) is 7.05 Å². The number of aliphatic hydroxyl groups excluding tert-OH is 2. The van der Waals surface area contributed by atoms with Crippen LogP contribution in [0, 0.1) is 24.2 Å². The fourth-order valence-corrected chi connectivity index (χ4v) is 6.12. The van der Waals surface area contributed by atoms with Crippen LogP contribution in [0.4, 0.5) is 0 Å². The smallest absolute Gasteiger partial charge is 0.308 e. The van der Waals surface area contributed by atoms with Crippen LogP contribution in [0.15, 0.2) is 11.0 Å². The molecule has 0 bridgehead atoms. The summed E-state index contributed by atoms with van der Waals surface area (Å²) in [5.74, 6) is -1.61. The summed E-state index contributed by atoms with van der Waals surface area (Å²) in [7, 11) is 1.82. The van der Waals surface area contributed by atoms with E-state index in [-0.39, 0.29) is 30.3 Å². The van der Waals surface area contributed by atoms with E-state index < -0.39 is 41.2 Å². The van der Waals surface area contributed by atoms with Gasteiger partial charge in [-0.2, -0.15) is 0 Å². The molecule has 1 aromatic heterocycles. The third-order valence-electron chi connectivity index (χ3n) is 8.32. The maximum atomic E-state index is 13.3. The summed E-state index contributed by atoms with van der Waals surface area (Å²) in [4.78, 5) is 30.9. The van der Waals surface area contributed by atoms with E-state index in [0.29, 0.717) is 0 Å². The van der Waals surface area contributed by atoms with Crippen LogP contribution >= 0.6 is 11.3 Å². The van der Waals surface area contributed by atoms with Crippen molar-refractivity contribution in [1.82, 2.24) is 10.3 Å². The molecule has 37 heavy (non-hydrogen) atoms. The predicted molar refractivity (Wildman–Crippen MR) is 144 cm³/mol. The second kappa shape index (κ2) is 11.6. The van der Waals surface area contributed by atoms with E-state index in [4.69, 9.17) is 9.47 Å². The Morgan fingerprint density at radius 1 is 1.27 bits per heavy atom. The molecule has 0 aliphatic carbocycles. The summed E-state index contributed by atoms with van der Waals surface area (Å²) in [5, 5.41) is 28.1. The molecule has 3 heterocycles. The van der Waals surface area contributed by atoms with Crippen LogP contribution in [0.1, 0.15) is 77.9 Å². The van der Waals surface area contributed by atoms with Gasteiger partial charge in [-0.15, -0.1) is 11.3 Å². The number of cyclic esters (lactones) is 1. The van der Waals surface area contributed by atoms with Gasteiger partial charge in [0.25, 0.3) is 0 Å². The molecule has 8 unspecified atom stereocenters. The molecule has 1 aromatic rings. The first-order chi connectivity index (χ1) is 17.2. The number of nitrogens with one attached hydrogen (secondary N) is 1. The van der Waals surface area contributed by atoms with Gasteiger partial charge in [0.05, 0.1) is 46.4 Å². The normalized spacial score (nSPS) is 36.6. The quantitative estimate of drug-likeness (QED) is 0.394. The average molecular weight is 537 g/mol. The van der Waals surface area contributed by atoms with E-state index in [9.17, 15) is 19.8 Å². The molecular formula is C28H44N2O6S. The highest BCUT2D eigenvalue weighted by Gasteiger charge is 2.59. The number of ketones is 1. The highest BCUT2D eigenvalue weighted by molar-refractivity contribution is 7.09. The van der Waals surface area contributed by atoms with E-state index >= 15 is 0 Å². The molecule has 3 rings (SSSR count). The topological polar surface area (TPSA) is 121 Å². The second-order valence-corrected chi connectivity index (χ2v) is 12.8. The van der Waals surface area contributed by atoms with E-state index in [1.807, 2.05) is 46.2 Å². The van der Waals surface area contributed by atoms with Crippen LogP contribution in [0.2, 0.25) is 0 Å². The SMILES string of the molecule is CNC(/C(C)=C/c1csc(C)n1)C1OC(=O)CC(O)C(C)(C)C(=O)C(C)C(O)C(C)CCCC2(C)OC12. The lowest BCUT2D eigenvalue weighted by Gasteiger charge is -2.34. The number of aryl methyl sites for hydroxylation is 1. The summed E-state index contributed by atoms with van der Waals surface area (Å²) in [6.07, 6.45) is 0.883. The number of hydrogen-bond donors (Lipinski definition) is 3. The van der Waals surface area contributed by atoms with Crippen LogP contribution in [-0.4, -0.2) is 70.1 Å². The number of epoxide rings is 1. The van der Waals surface area contributed by atoms with E-state index in [1.165, 1.54) is 0 Å². The molecule has 9 heteroatoms. The first kappa shape index (κ1) is 29.9. The molecular weight excluding hydrogens is 492 g/mol. The van der Waals surface area contributed by atoms with Crippen molar-refractivity contribution in [2.24, 2.45) is 17.3 Å². The Labute approximate surface area is 224 Å². The molecule has 0 amide bonds. The molecule has 2 fully saturated rings. The largest absolute Gasteiger partial charge is 0.457 e. The van der Waals surface area contributed by atoms with Gasteiger partial charge < -0.3 is 25.0 Å². The van der Waals surface area contributed by atoms with Crippen molar-refractivity contribution in [1.29, 1.82) is 0 Å². The van der Waals surface area contributed by atoms with Crippen molar-refractivity contribution in [2.45, 2.75) is 110 Å². The fourth-order valence-electron chi connectivity index (χ4n) is 5.55. The third kappa shape index (κ3) is 6.68. The maximum Gasteiger partial charge on any atom is 0.308 e. The number of likely N-dealkylation sites (N-methyl/N-ethyl adjacent to an activating group) is 1. The zero-order valence-corrected chi connectivity index (χ0v) is 24.2. The number of hydrogen-bond acceptors (Lipinski definition) is 9. The third-order valence-corrected chi connectivity index (χ3v) is 9.11. The molecule has 3 N–H and O–H groups in total. The number of aliphatic hydroxyl groups is 2. The molecule has 0 aromatic carbocycles. The molecule has 0 saturated carbocycles. The predicted octanol–water partition coefficient (Wildman–Crippen LogP) is 3.68. The minimum absolute atomic E-state index is 0.0942. The lowest BCUT2D eigenvalue weighted by atomic mass is 9.73. The molecule has 0 radical (unpaired) electrons. The fraction of sp³-hybridized carbons (Fsp3) is 0.750. The number of carbonyl (C=O) groups is 2. The molecule has 2 aliphatic heterocycles. The Balaban J connectivity index is 1.92. The minimum atomic E-state index is -1.25. The van der Waals surface area contributed by atoms with Gasteiger partial charge in [0.2, 0.25) is 0 Å². The van der Waals surface area contributed by atoms with Crippen LogP contribution in [-0.2, 0) is 19.1 Å². The number of aromatic nitrogens is 1. The molecule has 8 nitrogen and oxygen atoms in total. The first-order valence-electron chi connectivity index (χ1n) is 13.3. The van der Waals surface area contributed by atoms with E-state index in [2.05, 4.69) is 10.3 Å². The van der Waals surface area contributed by atoms with Gasteiger partial charge in [0.15, 0.2) is 0 Å². The number of fused-ring (bicyclic) bond motifs is 1. The summed E-state index contributed by atoms with van der Waals surface area (Å²) in [5.41, 5.74) is 0.102. The standard InChI is InChI=1S/C28H44N2O6S/c1-15-10-9-11-28(7)26(36-28)24(22(29-8)16(2)12-19-14-37-18(4)30-19)35-21(32)13-20(31)27(5,6)25(34)17(3)23(15)33/h12,14-15,17,20,22-24,26,29,31,33H,9-11,13H2,1-8H3/b16-12+. The van der Waals surface area contributed by atoms with E-state index in [1.54, 1.807) is 32.1 Å². The summed E-state index contributed by atoms with van der Waals surface area (Å²) >= 11 is 1.57. The van der Waals surface area contributed by atoms with Crippen LogP contribution < -0.4 is 5.32 Å². The summed E-state index contributed by atoms with van der Waals surface area (Å²) < 4.78 is 12.2. The highest BCUT2D eigenvalue weighted by atomic mass is 32.1. The van der Waals surface area contributed by atoms with Gasteiger partial charge in [-0.1, -0.05) is 39.7 Å². The van der Waals surface area contributed by atoms with Crippen LogP contribution in [0.5, 0.6) is 0 Å². The lowest BCUT2D eigenvalue weighted by Crippen LogP contribution is -2.48. The zero-order chi connectivity index (χ0) is 27.7. The monoisotopic (exact) mass is 536 g/mol. The van der Waals surface area contributed by atoms with Gasteiger partial charge >= 0.3 is 5.97 Å². The van der Waals surface area contributed by atoms with Crippen LogP contribution in [0.3, 0.4) is 0 Å². The number of rotatable bonds is 4. The Hall–Kier alpha value is -1.65. The maximum absolute atomic E-state index is 13.3. The number of ether oxygens (including phenoxy) is 2. The van der Waals surface area contributed by atoms with Crippen molar-refractivity contribution in [3.63, 3.8) is 0 Å². The van der Waals surface area contributed by atoms with Crippen molar-refractivity contribution in [3.05, 3.63) is 21.7 Å². The minimum Gasteiger partial charge on any atom is -0.457 e. The van der Waals surface area contributed by atoms with Gasteiger partial charge in [-0.25, -0.2) is 4.98 Å².